The van der Waals surface area contributed by atoms with Crippen molar-refractivity contribution < 1.29 is 28.3 Å². The number of benzene rings is 1. The second kappa shape index (κ2) is 7.54. The number of urea groups is 1. The SMILES string of the molecule is Cc1cc(C(=O)CN2C(=O)N[C@@](C)(c3ccco3)C2=O)c(C)n1-c1ccc2c(c1)OCCO2. The van der Waals surface area contributed by atoms with E-state index in [0.717, 1.165) is 16.3 Å². The highest BCUT2D eigenvalue weighted by atomic mass is 16.6. The third kappa shape index (κ3) is 3.27. The lowest BCUT2D eigenvalue weighted by atomic mass is 9.99. The van der Waals surface area contributed by atoms with E-state index < -0.39 is 17.5 Å². The van der Waals surface area contributed by atoms with Crippen molar-refractivity contribution in [3.63, 3.8) is 0 Å². The van der Waals surface area contributed by atoms with E-state index in [4.69, 9.17) is 13.9 Å². The molecule has 2 aromatic heterocycles. The van der Waals surface area contributed by atoms with Crippen LogP contribution in [0.1, 0.15) is 34.4 Å². The monoisotopic (exact) mass is 449 g/mol. The molecule has 1 fully saturated rings. The number of nitrogens with one attached hydrogen (secondary N) is 1. The largest absolute Gasteiger partial charge is 0.486 e. The number of imide groups is 1. The van der Waals surface area contributed by atoms with Gasteiger partial charge in [0.05, 0.1) is 12.8 Å². The summed E-state index contributed by atoms with van der Waals surface area (Å²) in [4.78, 5) is 39.7. The minimum Gasteiger partial charge on any atom is -0.486 e. The van der Waals surface area contributed by atoms with Gasteiger partial charge < -0.3 is 23.8 Å². The van der Waals surface area contributed by atoms with Crippen LogP contribution in [0.5, 0.6) is 11.5 Å². The number of Topliss-reactive ketones (excluding diaryl/α,β-unsaturated/α-hetero) is 1. The van der Waals surface area contributed by atoms with E-state index in [9.17, 15) is 14.4 Å². The number of aromatic nitrogens is 1. The molecule has 0 spiro atoms. The highest BCUT2D eigenvalue weighted by Gasteiger charge is 2.51. The molecule has 2 aliphatic heterocycles. The maximum Gasteiger partial charge on any atom is 0.325 e. The normalized spacial score (nSPS) is 19.7. The fraction of sp³-hybridized carbons (Fsp3) is 0.292. The van der Waals surface area contributed by atoms with Crippen LogP contribution in [0, 0.1) is 13.8 Å². The minimum atomic E-state index is -1.34. The van der Waals surface area contributed by atoms with Crippen LogP contribution in [-0.2, 0) is 10.3 Å². The van der Waals surface area contributed by atoms with E-state index in [2.05, 4.69) is 5.32 Å². The van der Waals surface area contributed by atoms with Crippen LogP contribution in [0.2, 0.25) is 0 Å². The summed E-state index contributed by atoms with van der Waals surface area (Å²) in [6.07, 6.45) is 1.43. The Balaban J connectivity index is 1.41. The van der Waals surface area contributed by atoms with Crippen LogP contribution in [0.15, 0.2) is 47.1 Å². The third-order valence-electron chi connectivity index (χ3n) is 6.11. The first-order chi connectivity index (χ1) is 15.8. The molecule has 9 heteroatoms. The number of furan rings is 1. The number of amides is 3. The summed E-state index contributed by atoms with van der Waals surface area (Å²) in [5.74, 6) is 0.778. The number of ether oxygens (including phenoxy) is 2. The number of aryl methyl sites for hydroxylation is 1. The van der Waals surface area contributed by atoms with Crippen molar-refractivity contribution in [2.45, 2.75) is 26.3 Å². The molecule has 3 amide bonds. The molecular weight excluding hydrogens is 426 g/mol. The molecule has 1 atom stereocenters. The van der Waals surface area contributed by atoms with Crippen molar-refractivity contribution in [2.24, 2.45) is 0 Å². The summed E-state index contributed by atoms with van der Waals surface area (Å²) in [6, 6.07) is 9.99. The molecule has 2 aliphatic rings. The van der Waals surface area contributed by atoms with Crippen molar-refractivity contribution in [3.05, 3.63) is 65.4 Å². The molecule has 3 aromatic rings. The first kappa shape index (κ1) is 20.9. The number of ketones is 1. The molecule has 33 heavy (non-hydrogen) atoms. The van der Waals surface area contributed by atoms with E-state index in [1.54, 1.807) is 25.1 Å². The van der Waals surface area contributed by atoms with E-state index in [1.807, 2.05) is 36.6 Å². The summed E-state index contributed by atoms with van der Waals surface area (Å²) in [7, 11) is 0. The molecule has 0 aliphatic carbocycles. The van der Waals surface area contributed by atoms with Crippen molar-refractivity contribution in [3.8, 4) is 17.2 Å². The third-order valence-corrected chi connectivity index (χ3v) is 6.11. The number of carbonyl (C=O) groups excluding carboxylic acids is 3. The number of fused-ring (bicyclic) bond motifs is 1. The molecule has 0 saturated carbocycles. The van der Waals surface area contributed by atoms with Crippen LogP contribution in [0.4, 0.5) is 4.79 Å². The van der Waals surface area contributed by atoms with Crippen LogP contribution < -0.4 is 14.8 Å². The highest BCUT2D eigenvalue weighted by molar-refractivity contribution is 6.11. The lowest BCUT2D eigenvalue weighted by Crippen LogP contribution is -2.41. The van der Waals surface area contributed by atoms with Gasteiger partial charge >= 0.3 is 6.03 Å². The summed E-state index contributed by atoms with van der Waals surface area (Å²) in [5, 5.41) is 2.64. The summed E-state index contributed by atoms with van der Waals surface area (Å²) < 4.78 is 18.5. The molecular formula is C24H23N3O6. The molecule has 0 radical (unpaired) electrons. The van der Waals surface area contributed by atoms with Gasteiger partial charge in [0, 0.05) is 28.7 Å². The van der Waals surface area contributed by atoms with Gasteiger partial charge in [-0.15, -0.1) is 0 Å². The standard InChI is InChI=1S/C24H23N3O6/c1-14-11-17(15(2)27(14)16-6-7-19-20(12-16)32-10-9-31-19)18(28)13-26-22(29)24(3,25-23(26)30)21-5-4-8-33-21/h4-8,11-12H,9-10,13H2,1-3H3,(H,25,30)/t24-/m0/s1. The van der Waals surface area contributed by atoms with E-state index in [-0.39, 0.29) is 12.3 Å². The summed E-state index contributed by atoms with van der Waals surface area (Å²) in [6.45, 7) is 5.90. The number of hydrogen-bond acceptors (Lipinski definition) is 6. The Kier molecular flexibility index (Phi) is 4.77. The smallest absolute Gasteiger partial charge is 0.325 e. The van der Waals surface area contributed by atoms with Crippen LogP contribution in [0.3, 0.4) is 0 Å². The number of hydrogen-bond donors (Lipinski definition) is 1. The van der Waals surface area contributed by atoms with Crippen molar-refractivity contribution in [2.75, 3.05) is 19.8 Å². The van der Waals surface area contributed by atoms with E-state index in [0.29, 0.717) is 41.7 Å². The molecule has 0 unspecified atom stereocenters. The Morgan fingerprint density at radius 1 is 1.09 bits per heavy atom. The Bertz CT molecular complexity index is 1280. The average Bonchev–Trinajstić information content (AvgIpc) is 3.49. The second-order valence-electron chi connectivity index (χ2n) is 8.30. The predicted octanol–water partition coefficient (Wildman–Crippen LogP) is 3.11. The van der Waals surface area contributed by atoms with Crippen molar-refractivity contribution in [1.82, 2.24) is 14.8 Å². The first-order valence-corrected chi connectivity index (χ1v) is 10.6. The Labute approximate surface area is 189 Å². The van der Waals surface area contributed by atoms with E-state index in [1.165, 1.54) is 6.26 Å². The van der Waals surface area contributed by atoms with E-state index >= 15 is 0 Å². The van der Waals surface area contributed by atoms with Gasteiger partial charge in [0.25, 0.3) is 5.91 Å². The van der Waals surface area contributed by atoms with Crippen LogP contribution >= 0.6 is 0 Å². The lowest BCUT2D eigenvalue weighted by molar-refractivity contribution is -0.131. The fourth-order valence-electron chi connectivity index (χ4n) is 4.41. The Morgan fingerprint density at radius 2 is 1.85 bits per heavy atom. The van der Waals surface area contributed by atoms with Gasteiger partial charge in [-0.3, -0.25) is 14.5 Å². The van der Waals surface area contributed by atoms with Gasteiger partial charge in [-0.1, -0.05) is 0 Å². The Morgan fingerprint density at radius 3 is 2.58 bits per heavy atom. The van der Waals surface area contributed by atoms with Crippen molar-refractivity contribution in [1.29, 1.82) is 0 Å². The van der Waals surface area contributed by atoms with Gasteiger partial charge in [0.15, 0.2) is 22.8 Å². The summed E-state index contributed by atoms with van der Waals surface area (Å²) in [5.41, 5.74) is 1.46. The van der Waals surface area contributed by atoms with Gasteiger partial charge in [-0.25, -0.2) is 4.79 Å². The van der Waals surface area contributed by atoms with Gasteiger partial charge in [0.1, 0.15) is 19.0 Å². The number of rotatable bonds is 5. The minimum absolute atomic E-state index is 0.313. The highest BCUT2D eigenvalue weighted by Crippen LogP contribution is 2.34. The second-order valence-corrected chi connectivity index (χ2v) is 8.30. The zero-order valence-corrected chi connectivity index (χ0v) is 18.5. The maximum atomic E-state index is 13.2. The number of carbonyl (C=O) groups is 3. The molecule has 0 bridgehead atoms. The molecule has 5 rings (SSSR count). The zero-order valence-electron chi connectivity index (χ0n) is 18.5. The van der Waals surface area contributed by atoms with Gasteiger partial charge in [0.2, 0.25) is 0 Å². The molecule has 4 heterocycles. The zero-order chi connectivity index (χ0) is 23.3. The molecule has 170 valence electrons. The van der Waals surface area contributed by atoms with Crippen LogP contribution in [-0.4, -0.2) is 46.9 Å². The number of nitrogens with zero attached hydrogens (tertiary/aromatic N) is 2. The van der Waals surface area contributed by atoms with Gasteiger partial charge in [-0.2, -0.15) is 0 Å². The maximum absolute atomic E-state index is 13.2. The fourth-order valence-corrected chi connectivity index (χ4v) is 4.41. The molecule has 1 N–H and O–H groups in total. The van der Waals surface area contributed by atoms with Gasteiger partial charge in [-0.05, 0) is 51.1 Å². The predicted molar refractivity (Wildman–Crippen MR) is 117 cm³/mol. The molecule has 1 aromatic carbocycles. The Hall–Kier alpha value is -4.01. The topological polar surface area (TPSA) is 103 Å². The molecule has 1 saturated heterocycles. The first-order valence-electron chi connectivity index (χ1n) is 10.6. The summed E-state index contributed by atoms with van der Waals surface area (Å²) >= 11 is 0. The molecule has 9 nitrogen and oxygen atoms in total. The van der Waals surface area contributed by atoms with Crippen molar-refractivity contribution >= 4 is 17.7 Å². The average molecular weight is 449 g/mol. The lowest BCUT2D eigenvalue weighted by Gasteiger charge is -2.20. The van der Waals surface area contributed by atoms with Crippen LogP contribution in [0.25, 0.3) is 5.69 Å². The quantitative estimate of drug-likeness (QED) is 0.474.